The molecule has 1 aromatic heterocycles. The average Bonchev–Trinajstić information content (AvgIpc) is 2.72. The Hall–Kier alpha value is -1.49. The Morgan fingerprint density at radius 3 is 2.87 bits per heavy atom. The first kappa shape index (κ1) is 10.0. The fraction of sp³-hybridized carbons (Fsp3) is 0.500. The van der Waals surface area contributed by atoms with Crippen molar-refractivity contribution in [1.29, 1.82) is 0 Å². The number of carboxylic acids is 1. The van der Waals surface area contributed by atoms with Gasteiger partial charge in [-0.2, -0.15) is 0 Å². The first-order chi connectivity index (χ1) is 7.17. The molecule has 1 aliphatic heterocycles. The van der Waals surface area contributed by atoms with Crippen molar-refractivity contribution in [3.8, 4) is 5.75 Å². The van der Waals surface area contributed by atoms with E-state index in [2.05, 4.69) is 0 Å². The third-order valence-corrected chi connectivity index (χ3v) is 2.73. The molecule has 0 aliphatic carbocycles. The predicted molar refractivity (Wildman–Crippen MR) is 52.4 cm³/mol. The molecule has 15 heavy (non-hydrogen) atoms. The number of carboxylic acid groups (broad SMARTS) is 1. The third kappa shape index (κ3) is 1.48. The number of nitrogens with zero attached hydrogens (tertiary/aromatic N) is 1. The van der Waals surface area contributed by atoms with Crippen LogP contribution >= 0.6 is 0 Å². The molecule has 5 heteroatoms. The molecule has 1 aliphatic rings. The summed E-state index contributed by atoms with van der Waals surface area (Å²) in [7, 11) is 3.14. The molecule has 0 radical (unpaired) electrons. The molecule has 1 atom stereocenters. The lowest BCUT2D eigenvalue weighted by Gasteiger charge is -2.06. The van der Waals surface area contributed by atoms with Crippen LogP contribution in [-0.2, 0) is 17.7 Å². The second-order valence-corrected chi connectivity index (χ2v) is 3.54. The van der Waals surface area contributed by atoms with Crippen LogP contribution in [0, 0.1) is 0 Å². The summed E-state index contributed by atoms with van der Waals surface area (Å²) in [6, 6.07) is 0. The molecule has 2 heterocycles. The molecule has 0 bridgehead atoms. The maximum Gasteiger partial charge on any atom is 0.341 e. The average molecular weight is 211 g/mol. The van der Waals surface area contributed by atoms with E-state index in [0.717, 1.165) is 5.69 Å². The summed E-state index contributed by atoms with van der Waals surface area (Å²) in [5, 5.41) is 8.95. The molecular formula is C10H13NO4. The monoisotopic (exact) mass is 211 g/mol. The summed E-state index contributed by atoms with van der Waals surface area (Å²) in [6.45, 7) is 0.690. The quantitative estimate of drug-likeness (QED) is 0.802. The van der Waals surface area contributed by atoms with Gasteiger partial charge in [-0.15, -0.1) is 0 Å². The van der Waals surface area contributed by atoms with E-state index in [-0.39, 0.29) is 11.7 Å². The SMILES string of the molecule is COc1c(C(=O)O)cn2c1C[C@@H](OC)C2. The maximum absolute atomic E-state index is 10.9. The van der Waals surface area contributed by atoms with Gasteiger partial charge in [0.2, 0.25) is 0 Å². The fourth-order valence-electron chi connectivity index (χ4n) is 1.99. The number of hydrogen-bond donors (Lipinski definition) is 1. The van der Waals surface area contributed by atoms with Crippen LogP contribution in [0.15, 0.2) is 6.20 Å². The lowest BCUT2D eigenvalue weighted by molar-refractivity contribution is 0.0691. The largest absolute Gasteiger partial charge is 0.494 e. The first-order valence-corrected chi connectivity index (χ1v) is 4.69. The lowest BCUT2D eigenvalue weighted by atomic mass is 10.2. The number of ether oxygens (including phenoxy) is 2. The van der Waals surface area contributed by atoms with Crippen LogP contribution in [0.4, 0.5) is 0 Å². The highest BCUT2D eigenvalue weighted by Crippen LogP contribution is 2.32. The summed E-state index contributed by atoms with van der Waals surface area (Å²) in [5.74, 6) is -0.496. The molecule has 82 valence electrons. The molecule has 1 N–H and O–H groups in total. The lowest BCUT2D eigenvalue weighted by Crippen LogP contribution is -2.12. The highest BCUT2D eigenvalue weighted by molar-refractivity contribution is 5.91. The number of carbonyl (C=O) groups is 1. The summed E-state index contributed by atoms with van der Waals surface area (Å²) in [6.07, 6.45) is 2.43. The van der Waals surface area contributed by atoms with Crippen LogP contribution in [-0.4, -0.2) is 36.0 Å². The van der Waals surface area contributed by atoms with E-state index in [9.17, 15) is 4.79 Å². The number of rotatable bonds is 3. The number of hydrogen-bond acceptors (Lipinski definition) is 3. The molecule has 1 aromatic rings. The molecule has 0 saturated carbocycles. The number of methoxy groups -OCH3 is 2. The maximum atomic E-state index is 10.9. The minimum Gasteiger partial charge on any atom is -0.494 e. The predicted octanol–water partition coefficient (Wildman–Crippen LogP) is 0.766. The minimum atomic E-state index is -0.956. The first-order valence-electron chi connectivity index (χ1n) is 4.69. The second kappa shape index (κ2) is 3.58. The zero-order chi connectivity index (χ0) is 11.0. The van der Waals surface area contributed by atoms with Gasteiger partial charge in [-0.1, -0.05) is 0 Å². The van der Waals surface area contributed by atoms with E-state index >= 15 is 0 Å². The molecule has 0 amide bonds. The van der Waals surface area contributed by atoms with Crippen molar-refractivity contribution < 1.29 is 19.4 Å². The molecule has 5 nitrogen and oxygen atoms in total. The van der Waals surface area contributed by atoms with Gasteiger partial charge in [0.1, 0.15) is 5.56 Å². The van der Waals surface area contributed by atoms with Crippen LogP contribution < -0.4 is 4.74 Å². The number of fused-ring (bicyclic) bond motifs is 1. The minimum absolute atomic E-state index is 0.122. The highest BCUT2D eigenvalue weighted by Gasteiger charge is 2.29. The van der Waals surface area contributed by atoms with Gasteiger partial charge in [-0.3, -0.25) is 0 Å². The van der Waals surface area contributed by atoms with Gasteiger partial charge in [-0.05, 0) is 0 Å². The Labute approximate surface area is 87.2 Å². The van der Waals surface area contributed by atoms with Crippen LogP contribution in [0.25, 0.3) is 0 Å². The topological polar surface area (TPSA) is 60.7 Å². The van der Waals surface area contributed by atoms with E-state index in [0.29, 0.717) is 18.7 Å². The Morgan fingerprint density at radius 1 is 1.60 bits per heavy atom. The standard InChI is InChI=1S/C10H13NO4/c1-14-6-3-8-9(15-2)7(10(12)13)5-11(8)4-6/h5-6H,3-4H2,1-2H3,(H,12,13)/t6-/m1/s1. The Balaban J connectivity index is 2.39. The zero-order valence-electron chi connectivity index (χ0n) is 8.69. The Bertz CT molecular complexity index is 396. The van der Waals surface area contributed by atoms with E-state index in [1.165, 1.54) is 7.11 Å². The highest BCUT2D eigenvalue weighted by atomic mass is 16.5. The number of aromatic nitrogens is 1. The van der Waals surface area contributed by atoms with Crippen LogP contribution in [0.1, 0.15) is 16.1 Å². The van der Waals surface area contributed by atoms with Crippen molar-refractivity contribution in [2.45, 2.75) is 19.1 Å². The molecule has 0 spiro atoms. The van der Waals surface area contributed by atoms with Gasteiger partial charge in [0, 0.05) is 26.3 Å². The number of aromatic carboxylic acids is 1. The molecule has 0 saturated heterocycles. The molecule has 2 rings (SSSR count). The third-order valence-electron chi connectivity index (χ3n) is 2.73. The van der Waals surface area contributed by atoms with Gasteiger partial charge in [0.25, 0.3) is 0 Å². The summed E-state index contributed by atoms with van der Waals surface area (Å²) in [4.78, 5) is 10.9. The molecule has 0 fully saturated rings. The van der Waals surface area contributed by atoms with Gasteiger partial charge >= 0.3 is 5.97 Å². The molecule has 0 unspecified atom stereocenters. The van der Waals surface area contributed by atoms with E-state index in [1.807, 2.05) is 4.57 Å². The van der Waals surface area contributed by atoms with Crippen LogP contribution in [0.5, 0.6) is 5.75 Å². The summed E-state index contributed by atoms with van der Waals surface area (Å²) >= 11 is 0. The summed E-state index contributed by atoms with van der Waals surface area (Å²) in [5.41, 5.74) is 1.13. The fourth-order valence-corrected chi connectivity index (χ4v) is 1.99. The smallest absolute Gasteiger partial charge is 0.341 e. The van der Waals surface area contributed by atoms with Gasteiger partial charge < -0.3 is 19.1 Å². The van der Waals surface area contributed by atoms with Crippen molar-refractivity contribution in [1.82, 2.24) is 4.57 Å². The van der Waals surface area contributed by atoms with Crippen molar-refractivity contribution in [2.24, 2.45) is 0 Å². The Morgan fingerprint density at radius 2 is 2.33 bits per heavy atom. The van der Waals surface area contributed by atoms with E-state index < -0.39 is 5.97 Å². The molecule has 0 aromatic carbocycles. The Kier molecular flexibility index (Phi) is 2.40. The van der Waals surface area contributed by atoms with E-state index in [4.69, 9.17) is 14.6 Å². The van der Waals surface area contributed by atoms with Gasteiger partial charge in [0.15, 0.2) is 5.75 Å². The van der Waals surface area contributed by atoms with Crippen molar-refractivity contribution in [3.05, 3.63) is 17.5 Å². The van der Waals surface area contributed by atoms with Crippen molar-refractivity contribution in [3.63, 3.8) is 0 Å². The molecular weight excluding hydrogens is 198 g/mol. The van der Waals surface area contributed by atoms with Crippen LogP contribution in [0.2, 0.25) is 0 Å². The summed E-state index contributed by atoms with van der Waals surface area (Å²) < 4.78 is 12.2. The van der Waals surface area contributed by atoms with Gasteiger partial charge in [0.05, 0.1) is 18.9 Å². The zero-order valence-corrected chi connectivity index (χ0v) is 8.69. The normalized spacial score (nSPS) is 18.9. The van der Waals surface area contributed by atoms with E-state index in [1.54, 1.807) is 13.3 Å². The van der Waals surface area contributed by atoms with Crippen molar-refractivity contribution in [2.75, 3.05) is 14.2 Å². The second-order valence-electron chi connectivity index (χ2n) is 3.54. The van der Waals surface area contributed by atoms with Gasteiger partial charge in [-0.25, -0.2) is 4.79 Å². The van der Waals surface area contributed by atoms with Crippen molar-refractivity contribution >= 4 is 5.97 Å². The van der Waals surface area contributed by atoms with Crippen LogP contribution in [0.3, 0.4) is 0 Å².